The zero-order valence-corrected chi connectivity index (χ0v) is 12.9. The van der Waals surface area contributed by atoms with Gasteiger partial charge in [-0.2, -0.15) is 0 Å². The molecule has 0 bridgehead atoms. The fraction of sp³-hybridized carbons (Fsp3) is 0.625. The minimum Gasteiger partial charge on any atom is -0.311 e. The maximum Gasteiger partial charge on any atom is 0.0191 e. The van der Waals surface area contributed by atoms with Crippen molar-refractivity contribution in [1.29, 1.82) is 0 Å². The summed E-state index contributed by atoms with van der Waals surface area (Å²) in [7, 11) is 0. The Morgan fingerprint density at radius 1 is 1.22 bits per heavy atom. The summed E-state index contributed by atoms with van der Waals surface area (Å²) in [6.07, 6.45) is 3.89. The third-order valence-corrected chi connectivity index (χ3v) is 4.42. The molecule has 100 valence electrons. The van der Waals surface area contributed by atoms with Gasteiger partial charge in [0, 0.05) is 22.2 Å². The van der Waals surface area contributed by atoms with Gasteiger partial charge in [0.05, 0.1) is 0 Å². The van der Waals surface area contributed by atoms with Crippen molar-refractivity contribution in [2.24, 2.45) is 0 Å². The summed E-state index contributed by atoms with van der Waals surface area (Å²) < 4.78 is 0. The van der Waals surface area contributed by atoms with Crippen LogP contribution in [0.1, 0.15) is 45.2 Å². The molecule has 1 aliphatic rings. The predicted molar refractivity (Wildman–Crippen MR) is 81.5 cm³/mol. The molecule has 0 heterocycles. The zero-order valence-electron chi connectivity index (χ0n) is 12.0. The molecule has 1 aliphatic carbocycles. The largest absolute Gasteiger partial charge is 0.311 e. The first-order valence-corrected chi connectivity index (χ1v) is 7.85. The summed E-state index contributed by atoms with van der Waals surface area (Å²) in [6, 6.07) is 7.03. The lowest BCUT2D eigenvalue weighted by Crippen LogP contribution is -2.39. The van der Waals surface area contributed by atoms with E-state index in [-0.39, 0.29) is 5.54 Å². The van der Waals surface area contributed by atoms with Crippen LogP contribution in [0.4, 0.5) is 0 Å². The van der Waals surface area contributed by atoms with Crippen molar-refractivity contribution >= 4 is 11.8 Å². The lowest BCUT2D eigenvalue weighted by atomic mass is 10.1. The third kappa shape index (κ3) is 4.03. The average Bonchev–Trinajstić information content (AvgIpc) is 2.72. The van der Waals surface area contributed by atoms with Crippen molar-refractivity contribution in [1.82, 2.24) is 5.32 Å². The lowest BCUT2D eigenvalue weighted by molar-refractivity contribution is 0.429. The molecular weight excluding hydrogens is 238 g/mol. The summed E-state index contributed by atoms with van der Waals surface area (Å²) >= 11 is 1.99. The monoisotopic (exact) mass is 263 g/mol. The summed E-state index contributed by atoms with van der Waals surface area (Å²) in [5.74, 6) is 0. The molecule has 2 rings (SSSR count). The summed E-state index contributed by atoms with van der Waals surface area (Å²) in [5.41, 5.74) is 3.36. The molecule has 0 radical (unpaired) electrons. The van der Waals surface area contributed by atoms with Gasteiger partial charge in [0.1, 0.15) is 0 Å². The van der Waals surface area contributed by atoms with E-state index in [2.05, 4.69) is 51.2 Å². The van der Waals surface area contributed by atoms with E-state index in [1.165, 1.54) is 24.2 Å². The molecule has 1 N–H and O–H groups in total. The van der Waals surface area contributed by atoms with E-state index in [9.17, 15) is 0 Å². The fourth-order valence-electron chi connectivity index (χ4n) is 2.35. The first-order valence-electron chi connectivity index (χ1n) is 6.97. The van der Waals surface area contributed by atoms with Crippen LogP contribution in [0.25, 0.3) is 0 Å². The molecule has 1 aromatic carbocycles. The van der Waals surface area contributed by atoms with E-state index in [0.717, 1.165) is 6.54 Å². The number of nitrogens with one attached hydrogen (secondary N) is 1. The number of benzene rings is 1. The molecule has 1 atom stereocenters. The van der Waals surface area contributed by atoms with Gasteiger partial charge in [-0.05, 0) is 63.3 Å². The van der Waals surface area contributed by atoms with Crippen LogP contribution in [0.5, 0.6) is 0 Å². The molecule has 18 heavy (non-hydrogen) atoms. The van der Waals surface area contributed by atoms with Gasteiger partial charge in [-0.15, -0.1) is 11.8 Å². The number of hydrogen-bond acceptors (Lipinski definition) is 2. The van der Waals surface area contributed by atoms with Crippen LogP contribution in [0.3, 0.4) is 0 Å². The molecule has 0 spiro atoms. The van der Waals surface area contributed by atoms with Crippen LogP contribution in [-0.2, 0) is 12.8 Å². The summed E-state index contributed by atoms with van der Waals surface area (Å²) in [5, 5.41) is 4.19. The van der Waals surface area contributed by atoms with Gasteiger partial charge in [-0.1, -0.05) is 13.0 Å². The van der Waals surface area contributed by atoms with Crippen molar-refractivity contribution < 1.29 is 0 Å². The Bertz CT molecular complexity index is 406. The molecular formula is C16H25NS. The highest BCUT2D eigenvalue weighted by atomic mass is 32.2. The molecule has 0 aliphatic heterocycles. The highest BCUT2D eigenvalue weighted by Crippen LogP contribution is 2.29. The second-order valence-corrected chi connectivity index (χ2v) is 7.86. The van der Waals surface area contributed by atoms with E-state index in [1.807, 2.05) is 11.8 Å². The minimum absolute atomic E-state index is 0.215. The Morgan fingerprint density at radius 2 is 1.94 bits per heavy atom. The minimum atomic E-state index is 0.215. The van der Waals surface area contributed by atoms with Gasteiger partial charge in [-0.25, -0.2) is 0 Å². The van der Waals surface area contributed by atoms with Crippen molar-refractivity contribution in [3.63, 3.8) is 0 Å². The lowest BCUT2D eigenvalue weighted by Gasteiger charge is -2.23. The number of fused-ring (bicyclic) bond motifs is 1. The van der Waals surface area contributed by atoms with Crippen LogP contribution in [-0.4, -0.2) is 17.3 Å². The SMILES string of the molecule is CC(CNC(C)(C)C)Sc1ccc2c(c1)CCC2. The van der Waals surface area contributed by atoms with E-state index in [0.29, 0.717) is 5.25 Å². The van der Waals surface area contributed by atoms with E-state index >= 15 is 0 Å². The number of aryl methyl sites for hydroxylation is 2. The van der Waals surface area contributed by atoms with Gasteiger partial charge in [0.2, 0.25) is 0 Å². The second-order valence-electron chi connectivity index (χ2n) is 6.34. The molecule has 1 unspecified atom stereocenters. The molecule has 0 fully saturated rings. The van der Waals surface area contributed by atoms with Gasteiger partial charge < -0.3 is 5.32 Å². The van der Waals surface area contributed by atoms with Crippen LogP contribution in [0.2, 0.25) is 0 Å². The van der Waals surface area contributed by atoms with Gasteiger partial charge in [-0.3, -0.25) is 0 Å². The number of thioether (sulfide) groups is 1. The maximum absolute atomic E-state index is 3.57. The Balaban J connectivity index is 1.89. The molecule has 0 amide bonds. The van der Waals surface area contributed by atoms with Gasteiger partial charge in [0.25, 0.3) is 0 Å². The van der Waals surface area contributed by atoms with Crippen LogP contribution in [0, 0.1) is 0 Å². The Hall–Kier alpha value is -0.470. The van der Waals surface area contributed by atoms with Crippen molar-refractivity contribution in [2.45, 2.75) is 62.6 Å². The Labute approximate surface area is 116 Å². The first-order chi connectivity index (χ1) is 8.44. The molecule has 0 saturated carbocycles. The van der Waals surface area contributed by atoms with Crippen molar-refractivity contribution in [3.8, 4) is 0 Å². The quantitative estimate of drug-likeness (QED) is 0.823. The molecule has 0 aromatic heterocycles. The summed E-state index contributed by atoms with van der Waals surface area (Å²) in [4.78, 5) is 1.43. The highest BCUT2D eigenvalue weighted by Gasteiger charge is 2.14. The van der Waals surface area contributed by atoms with Gasteiger partial charge >= 0.3 is 0 Å². The average molecular weight is 263 g/mol. The molecule has 1 nitrogen and oxygen atoms in total. The predicted octanol–water partition coefficient (Wildman–Crippen LogP) is 4.04. The molecule has 0 saturated heterocycles. The topological polar surface area (TPSA) is 12.0 Å². The first kappa shape index (κ1) is 14.0. The highest BCUT2D eigenvalue weighted by molar-refractivity contribution is 8.00. The summed E-state index contributed by atoms with van der Waals surface area (Å²) in [6.45, 7) is 10.0. The van der Waals surface area contributed by atoms with Gasteiger partial charge in [0.15, 0.2) is 0 Å². The number of rotatable bonds is 4. The zero-order chi connectivity index (χ0) is 13.2. The van der Waals surface area contributed by atoms with Crippen LogP contribution in [0.15, 0.2) is 23.1 Å². The van der Waals surface area contributed by atoms with Crippen LogP contribution < -0.4 is 5.32 Å². The Morgan fingerprint density at radius 3 is 2.67 bits per heavy atom. The van der Waals surface area contributed by atoms with Crippen LogP contribution >= 0.6 is 11.8 Å². The molecule has 2 heteroatoms. The normalized spacial score (nSPS) is 16.7. The standard InChI is InChI=1S/C16H25NS/c1-12(11-17-16(2,3)4)18-15-9-8-13-6-5-7-14(13)10-15/h8-10,12,17H,5-7,11H2,1-4H3. The Kier molecular flexibility index (Phi) is 4.39. The fourth-order valence-corrected chi connectivity index (χ4v) is 3.33. The third-order valence-electron chi connectivity index (χ3n) is 3.33. The van der Waals surface area contributed by atoms with E-state index in [1.54, 1.807) is 11.1 Å². The number of hydrogen-bond donors (Lipinski definition) is 1. The second kappa shape index (κ2) is 5.66. The maximum atomic E-state index is 3.57. The van der Waals surface area contributed by atoms with Crippen molar-refractivity contribution in [3.05, 3.63) is 29.3 Å². The smallest absolute Gasteiger partial charge is 0.0191 e. The van der Waals surface area contributed by atoms with Crippen molar-refractivity contribution in [2.75, 3.05) is 6.54 Å². The van der Waals surface area contributed by atoms with E-state index in [4.69, 9.17) is 0 Å². The molecule has 1 aromatic rings. The van der Waals surface area contributed by atoms with E-state index < -0.39 is 0 Å².